The Morgan fingerprint density at radius 3 is 2.47 bits per heavy atom. The number of carbonyl (C=O) groups excluding carboxylic acids is 1. The van der Waals surface area contributed by atoms with E-state index in [1.807, 2.05) is 20.8 Å². The quantitative estimate of drug-likeness (QED) is 0.747. The lowest BCUT2D eigenvalue weighted by Gasteiger charge is -2.10. The molecule has 1 rings (SSSR count). The summed E-state index contributed by atoms with van der Waals surface area (Å²) in [6.45, 7) is 5.52. The number of ketones is 1. The van der Waals surface area contributed by atoms with E-state index >= 15 is 0 Å². The van der Waals surface area contributed by atoms with Crippen LogP contribution in [0.1, 0.15) is 43.1 Å². The Bertz CT molecular complexity index is 407. The smallest absolute Gasteiger partial charge is 0.306 e. The zero-order valence-corrected chi connectivity index (χ0v) is 10.5. The van der Waals surface area contributed by atoms with Crippen LogP contribution in [0.15, 0.2) is 12.4 Å². The summed E-state index contributed by atoms with van der Waals surface area (Å²) in [5.41, 5.74) is 1.43. The number of rotatable bonds is 6. The van der Waals surface area contributed by atoms with Crippen LogP contribution in [0.4, 0.5) is 0 Å². The van der Waals surface area contributed by atoms with Crippen LogP contribution >= 0.6 is 0 Å². The Kier molecular flexibility index (Phi) is 4.49. The summed E-state index contributed by atoms with van der Waals surface area (Å²) in [6.07, 6.45) is 4.35. The number of hydrogen-bond acceptors (Lipinski definition) is 2. The summed E-state index contributed by atoms with van der Waals surface area (Å²) in [5.74, 6) is -1.25. The zero-order valence-electron chi connectivity index (χ0n) is 10.5. The number of carboxylic acid groups (broad SMARTS) is 1. The van der Waals surface area contributed by atoms with Gasteiger partial charge in [0.1, 0.15) is 0 Å². The van der Waals surface area contributed by atoms with Crippen LogP contribution in [-0.4, -0.2) is 21.8 Å². The van der Waals surface area contributed by atoms with E-state index in [2.05, 4.69) is 4.98 Å². The first-order valence-electron chi connectivity index (χ1n) is 5.90. The van der Waals surface area contributed by atoms with Gasteiger partial charge in [-0.3, -0.25) is 9.59 Å². The first kappa shape index (κ1) is 13.5. The Morgan fingerprint density at radius 1 is 1.35 bits per heavy atom. The minimum Gasteiger partial charge on any atom is -0.481 e. The third-order valence-corrected chi connectivity index (χ3v) is 2.93. The van der Waals surface area contributed by atoms with Crippen LogP contribution in [0, 0.1) is 11.8 Å². The van der Waals surface area contributed by atoms with Crippen LogP contribution < -0.4 is 0 Å². The molecule has 2 N–H and O–H groups in total. The lowest BCUT2D eigenvalue weighted by molar-refractivity contribution is -0.141. The predicted molar refractivity (Wildman–Crippen MR) is 65.1 cm³/mol. The van der Waals surface area contributed by atoms with Gasteiger partial charge in [0.25, 0.3) is 0 Å². The third kappa shape index (κ3) is 3.19. The van der Waals surface area contributed by atoms with Gasteiger partial charge >= 0.3 is 5.97 Å². The number of carboxylic acids is 1. The lowest BCUT2D eigenvalue weighted by Crippen LogP contribution is -2.17. The van der Waals surface area contributed by atoms with E-state index in [0.29, 0.717) is 18.4 Å². The number of Topliss-reactive ketones (excluding diaryl/α,β-unsaturated/α-hetero) is 1. The highest BCUT2D eigenvalue weighted by Gasteiger charge is 2.21. The largest absolute Gasteiger partial charge is 0.481 e. The van der Waals surface area contributed by atoms with Crippen LogP contribution in [0.3, 0.4) is 0 Å². The van der Waals surface area contributed by atoms with Crippen molar-refractivity contribution < 1.29 is 14.7 Å². The van der Waals surface area contributed by atoms with Crippen LogP contribution in [-0.2, 0) is 11.2 Å². The summed E-state index contributed by atoms with van der Waals surface area (Å²) in [7, 11) is 0. The van der Waals surface area contributed by atoms with Crippen molar-refractivity contribution in [1.82, 2.24) is 4.98 Å². The van der Waals surface area contributed by atoms with Gasteiger partial charge in [0.2, 0.25) is 0 Å². The molecular weight excluding hydrogens is 218 g/mol. The van der Waals surface area contributed by atoms with E-state index in [-0.39, 0.29) is 11.7 Å². The Balaban J connectivity index is 2.89. The van der Waals surface area contributed by atoms with Gasteiger partial charge in [-0.1, -0.05) is 20.8 Å². The molecule has 0 bridgehead atoms. The molecule has 1 unspecified atom stereocenters. The van der Waals surface area contributed by atoms with Crippen molar-refractivity contribution in [2.75, 3.05) is 0 Å². The molecule has 1 atom stereocenters. The van der Waals surface area contributed by atoms with Gasteiger partial charge in [-0.05, 0) is 18.4 Å². The zero-order chi connectivity index (χ0) is 13.0. The molecule has 0 amide bonds. The summed E-state index contributed by atoms with van der Waals surface area (Å²) < 4.78 is 0. The maximum Gasteiger partial charge on any atom is 0.306 e. The topological polar surface area (TPSA) is 70.2 Å². The van der Waals surface area contributed by atoms with E-state index in [9.17, 15) is 9.59 Å². The molecule has 1 heterocycles. The van der Waals surface area contributed by atoms with Gasteiger partial charge in [-0.15, -0.1) is 0 Å². The predicted octanol–water partition coefficient (Wildman–Crippen LogP) is 2.51. The van der Waals surface area contributed by atoms with Crippen molar-refractivity contribution >= 4 is 11.8 Å². The van der Waals surface area contributed by atoms with Crippen molar-refractivity contribution in [1.29, 1.82) is 0 Å². The van der Waals surface area contributed by atoms with Crippen molar-refractivity contribution in [2.24, 2.45) is 11.8 Å². The second-order valence-corrected chi connectivity index (χ2v) is 4.56. The normalized spacial score (nSPS) is 12.7. The van der Waals surface area contributed by atoms with Gasteiger partial charge < -0.3 is 10.1 Å². The molecule has 0 aliphatic carbocycles. The number of aliphatic carboxylic acids is 1. The van der Waals surface area contributed by atoms with E-state index in [1.54, 1.807) is 12.4 Å². The third-order valence-electron chi connectivity index (χ3n) is 2.93. The fourth-order valence-corrected chi connectivity index (χ4v) is 1.78. The molecule has 94 valence electrons. The molecule has 0 saturated carbocycles. The van der Waals surface area contributed by atoms with Gasteiger partial charge in [0.05, 0.1) is 5.92 Å². The first-order valence-corrected chi connectivity index (χ1v) is 5.90. The van der Waals surface area contributed by atoms with E-state index in [1.165, 1.54) is 0 Å². The highest BCUT2D eigenvalue weighted by molar-refractivity contribution is 5.98. The van der Waals surface area contributed by atoms with E-state index in [4.69, 9.17) is 5.11 Å². The summed E-state index contributed by atoms with van der Waals surface area (Å²) in [5, 5.41) is 9.02. The molecule has 4 nitrogen and oxygen atoms in total. The highest BCUT2D eigenvalue weighted by atomic mass is 16.4. The maximum absolute atomic E-state index is 11.9. The molecule has 17 heavy (non-hydrogen) atoms. The van der Waals surface area contributed by atoms with Crippen molar-refractivity contribution in [2.45, 2.75) is 33.6 Å². The number of nitrogens with one attached hydrogen (secondary N) is 1. The number of aromatic amines is 1. The van der Waals surface area contributed by atoms with E-state index < -0.39 is 11.9 Å². The second kappa shape index (κ2) is 5.66. The molecular formula is C13H19NO3. The summed E-state index contributed by atoms with van der Waals surface area (Å²) in [6, 6.07) is 0. The Labute approximate surface area is 101 Å². The average molecular weight is 237 g/mol. The number of hydrogen-bond donors (Lipinski definition) is 2. The molecule has 1 aromatic rings. The van der Waals surface area contributed by atoms with Crippen LogP contribution in [0.25, 0.3) is 0 Å². The van der Waals surface area contributed by atoms with Crippen LogP contribution in [0.2, 0.25) is 0 Å². The molecule has 0 aliphatic rings. The molecule has 0 aromatic carbocycles. The fourth-order valence-electron chi connectivity index (χ4n) is 1.78. The van der Waals surface area contributed by atoms with E-state index in [0.717, 1.165) is 5.56 Å². The first-order chi connectivity index (χ1) is 7.97. The Morgan fingerprint density at radius 2 is 2.00 bits per heavy atom. The molecule has 0 aliphatic heterocycles. The van der Waals surface area contributed by atoms with Crippen molar-refractivity contribution in [3.8, 4) is 0 Å². The molecule has 0 fully saturated rings. The number of aromatic nitrogens is 1. The summed E-state index contributed by atoms with van der Waals surface area (Å²) in [4.78, 5) is 25.8. The SMILES string of the molecule is CCC(Cc1c[nH]cc1C(=O)C(C)C)C(=O)O. The molecule has 4 heteroatoms. The average Bonchev–Trinajstić information content (AvgIpc) is 2.71. The van der Waals surface area contributed by atoms with Crippen molar-refractivity contribution in [3.05, 3.63) is 23.5 Å². The minimum absolute atomic E-state index is 0.0569. The van der Waals surface area contributed by atoms with Gasteiger partial charge in [0.15, 0.2) is 5.78 Å². The maximum atomic E-state index is 11.9. The number of H-pyrrole nitrogens is 1. The van der Waals surface area contributed by atoms with Gasteiger partial charge in [-0.25, -0.2) is 0 Å². The van der Waals surface area contributed by atoms with Gasteiger partial charge in [-0.2, -0.15) is 0 Å². The molecule has 0 saturated heterocycles. The summed E-state index contributed by atoms with van der Waals surface area (Å²) >= 11 is 0. The highest BCUT2D eigenvalue weighted by Crippen LogP contribution is 2.19. The standard InChI is InChI=1S/C13H19NO3/c1-4-9(13(16)17)5-10-6-14-7-11(10)12(15)8(2)3/h6-9,14H,4-5H2,1-3H3,(H,16,17). The molecule has 0 spiro atoms. The van der Waals surface area contributed by atoms with Crippen molar-refractivity contribution in [3.63, 3.8) is 0 Å². The molecule has 1 aromatic heterocycles. The Hall–Kier alpha value is -1.58. The lowest BCUT2D eigenvalue weighted by atomic mass is 9.93. The molecule has 0 radical (unpaired) electrons. The minimum atomic E-state index is -0.809. The second-order valence-electron chi connectivity index (χ2n) is 4.56. The fraction of sp³-hybridized carbons (Fsp3) is 0.538. The van der Waals surface area contributed by atoms with Gasteiger partial charge in [0, 0.05) is 23.9 Å². The monoisotopic (exact) mass is 237 g/mol. The van der Waals surface area contributed by atoms with Crippen LogP contribution in [0.5, 0.6) is 0 Å². The number of carbonyl (C=O) groups is 2.